The Hall–Kier alpha value is -2.43. The third-order valence-electron chi connectivity index (χ3n) is 2.50. The molecule has 0 aliphatic carbocycles. The molecule has 0 aliphatic heterocycles. The van der Waals surface area contributed by atoms with Crippen LogP contribution < -0.4 is 11.5 Å². The molecule has 0 bridgehead atoms. The molecule has 0 atom stereocenters. The summed E-state index contributed by atoms with van der Waals surface area (Å²) >= 11 is 0. The molecule has 2 rings (SSSR count). The molecule has 2 aromatic carbocycles. The topological polar surface area (TPSA) is 69.1 Å². The van der Waals surface area contributed by atoms with E-state index in [1.807, 2.05) is 0 Å². The van der Waals surface area contributed by atoms with Crippen LogP contribution in [0.15, 0.2) is 36.4 Å². The van der Waals surface area contributed by atoms with Crippen LogP contribution in [0.25, 0.3) is 0 Å². The molecule has 3 nitrogen and oxygen atoms in total. The molecule has 0 radical (unpaired) electrons. The van der Waals surface area contributed by atoms with E-state index >= 15 is 0 Å². The standard InChI is InChI=1S/C13H10F2N2O/c14-10-4-1-7(5-11(10)15)13(18)9-3-2-8(16)6-12(9)17/h1-6H,16-17H2. The van der Waals surface area contributed by atoms with E-state index in [-0.39, 0.29) is 16.8 Å². The van der Waals surface area contributed by atoms with Crippen LogP contribution in [0.3, 0.4) is 0 Å². The summed E-state index contributed by atoms with van der Waals surface area (Å²) in [4.78, 5) is 12.0. The van der Waals surface area contributed by atoms with Crippen molar-refractivity contribution >= 4 is 17.2 Å². The molecule has 2 aromatic rings. The Morgan fingerprint density at radius 3 is 2.28 bits per heavy atom. The van der Waals surface area contributed by atoms with E-state index < -0.39 is 17.4 Å². The van der Waals surface area contributed by atoms with E-state index in [1.165, 1.54) is 24.3 Å². The van der Waals surface area contributed by atoms with Gasteiger partial charge in [-0.05, 0) is 36.4 Å². The fourth-order valence-corrected chi connectivity index (χ4v) is 1.58. The molecule has 0 saturated heterocycles. The monoisotopic (exact) mass is 248 g/mol. The highest BCUT2D eigenvalue weighted by Gasteiger charge is 2.14. The average Bonchev–Trinajstić information content (AvgIpc) is 2.32. The number of nitrogen functional groups attached to an aromatic ring is 2. The Kier molecular flexibility index (Phi) is 2.97. The lowest BCUT2D eigenvalue weighted by Crippen LogP contribution is -2.06. The number of ketones is 1. The normalized spacial score (nSPS) is 10.3. The highest BCUT2D eigenvalue weighted by molar-refractivity contribution is 6.12. The first-order valence-electron chi connectivity index (χ1n) is 5.14. The van der Waals surface area contributed by atoms with Crippen molar-refractivity contribution < 1.29 is 13.6 Å². The quantitative estimate of drug-likeness (QED) is 0.633. The minimum absolute atomic E-state index is 0.0328. The first-order chi connectivity index (χ1) is 8.49. The number of carbonyl (C=O) groups is 1. The van der Waals surface area contributed by atoms with Gasteiger partial charge in [-0.15, -0.1) is 0 Å². The number of carbonyl (C=O) groups excluding carboxylic acids is 1. The van der Waals surface area contributed by atoms with Crippen molar-refractivity contribution in [2.75, 3.05) is 11.5 Å². The van der Waals surface area contributed by atoms with E-state index in [0.29, 0.717) is 5.69 Å². The Morgan fingerprint density at radius 2 is 1.67 bits per heavy atom. The number of halogens is 2. The number of benzene rings is 2. The van der Waals surface area contributed by atoms with Crippen molar-refractivity contribution in [1.29, 1.82) is 0 Å². The summed E-state index contributed by atoms with van der Waals surface area (Å²) in [5, 5.41) is 0. The smallest absolute Gasteiger partial charge is 0.195 e. The van der Waals surface area contributed by atoms with Crippen molar-refractivity contribution in [2.24, 2.45) is 0 Å². The van der Waals surface area contributed by atoms with Gasteiger partial charge in [0, 0.05) is 22.5 Å². The van der Waals surface area contributed by atoms with Crippen LogP contribution in [0.1, 0.15) is 15.9 Å². The second kappa shape index (κ2) is 4.44. The highest BCUT2D eigenvalue weighted by Crippen LogP contribution is 2.20. The molecule has 4 N–H and O–H groups in total. The Labute approximate surface area is 102 Å². The Bertz CT molecular complexity index is 626. The predicted octanol–water partition coefficient (Wildman–Crippen LogP) is 2.36. The first-order valence-corrected chi connectivity index (χ1v) is 5.14. The second-order valence-corrected chi connectivity index (χ2v) is 3.80. The van der Waals surface area contributed by atoms with Gasteiger partial charge in [0.25, 0.3) is 0 Å². The number of hydrogen-bond donors (Lipinski definition) is 2. The van der Waals surface area contributed by atoms with Crippen molar-refractivity contribution in [3.8, 4) is 0 Å². The van der Waals surface area contributed by atoms with E-state index in [4.69, 9.17) is 11.5 Å². The zero-order chi connectivity index (χ0) is 13.3. The molecule has 5 heteroatoms. The van der Waals surface area contributed by atoms with Crippen molar-refractivity contribution in [3.63, 3.8) is 0 Å². The summed E-state index contributed by atoms with van der Waals surface area (Å²) in [5.41, 5.74) is 12.0. The minimum Gasteiger partial charge on any atom is -0.399 e. The maximum absolute atomic E-state index is 13.0. The molecular formula is C13H10F2N2O. The van der Waals surface area contributed by atoms with Gasteiger partial charge >= 0.3 is 0 Å². The maximum atomic E-state index is 13.0. The predicted molar refractivity (Wildman–Crippen MR) is 65.1 cm³/mol. The van der Waals surface area contributed by atoms with Gasteiger partial charge in [-0.1, -0.05) is 0 Å². The van der Waals surface area contributed by atoms with Crippen LogP contribution >= 0.6 is 0 Å². The minimum atomic E-state index is -1.07. The molecule has 0 aromatic heterocycles. The lowest BCUT2D eigenvalue weighted by atomic mass is 10.0. The molecule has 0 aliphatic rings. The molecule has 0 fully saturated rings. The summed E-state index contributed by atoms with van der Waals surface area (Å²) in [6, 6.07) is 7.35. The summed E-state index contributed by atoms with van der Waals surface area (Å²) in [7, 11) is 0. The summed E-state index contributed by atoms with van der Waals surface area (Å²) in [6.45, 7) is 0. The summed E-state index contributed by atoms with van der Waals surface area (Å²) in [5.74, 6) is -2.56. The van der Waals surface area contributed by atoms with Gasteiger partial charge in [0.1, 0.15) is 0 Å². The SMILES string of the molecule is Nc1ccc(C(=O)c2ccc(F)c(F)c2)c(N)c1. The molecule has 0 unspecified atom stereocenters. The van der Waals surface area contributed by atoms with Crippen LogP contribution in [-0.2, 0) is 0 Å². The molecule has 0 heterocycles. The fourth-order valence-electron chi connectivity index (χ4n) is 1.58. The summed E-state index contributed by atoms with van der Waals surface area (Å²) < 4.78 is 25.8. The van der Waals surface area contributed by atoms with E-state index in [1.54, 1.807) is 0 Å². The third kappa shape index (κ3) is 2.15. The van der Waals surface area contributed by atoms with Crippen LogP contribution in [-0.4, -0.2) is 5.78 Å². The molecule has 92 valence electrons. The zero-order valence-electron chi connectivity index (χ0n) is 9.28. The van der Waals surface area contributed by atoms with Crippen LogP contribution in [0.2, 0.25) is 0 Å². The first kappa shape index (κ1) is 12.0. The van der Waals surface area contributed by atoms with Gasteiger partial charge in [-0.3, -0.25) is 4.79 Å². The molecule has 0 amide bonds. The molecule has 18 heavy (non-hydrogen) atoms. The molecule has 0 saturated carbocycles. The van der Waals surface area contributed by atoms with Gasteiger partial charge in [-0.25, -0.2) is 8.78 Å². The third-order valence-corrected chi connectivity index (χ3v) is 2.50. The van der Waals surface area contributed by atoms with Crippen molar-refractivity contribution in [1.82, 2.24) is 0 Å². The average molecular weight is 248 g/mol. The maximum Gasteiger partial charge on any atom is 0.195 e. The number of hydrogen-bond acceptors (Lipinski definition) is 3. The molecular weight excluding hydrogens is 238 g/mol. The van der Waals surface area contributed by atoms with Crippen molar-refractivity contribution in [2.45, 2.75) is 0 Å². The van der Waals surface area contributed by atoms with E-state index in [2.05, 4.69) is 0 Å². The van der Waals surface area contributed by atoms with Crippen LogP contribution in [0, 0.1) is 11.6 Å². The van der Waals surface area contributed by atoms with Gasteiger partial charge in [-0.2, -0.15) is 0 Å². The van der Waals surface area contributed by atoms with Gasteiger partial charge in [0.05, 0.1) is 0 Å². The Balaban J connectivity index is 2.44. The summed E-state index contributed by atoms with van der Waals surface area (Å²) in [6.07, 6.45) is 0. The van der Waals surface area contributed by atoms with E-state index in [9.17, 15) is 13.6 Å². The fraction of sp³-hybridized carbons (Fsp3) is 0. The van der Waals surface area contributed by atoms with Gasteiger partial charge < -0.3 is 11.5 Å². The largest absolute Gasteiger partial charge is 0.399 e. The number of anilines is 2. The van der Waals surface area contributed by atoms with Crippen LogP contribution in [0.4, 0.5) is 20.2 Å². The van der Waals surface area contributed by atoms with Crippen LogP contribution in [0.5, 0.6) is 0 Å². The second-order valence-electron chi connectivity index (χ2n) is 3.80. The highest BCUT2D eigenvalue weighted by atomic mass is 19.2. The van der Waals surface area contributed by atoms with E-state index in [0.717, 1.165) is 12.1 Å². The lowest BCUT2D eigenvalue weighted by molar-refractivity contribution is 0.103. The van der Waals surface area contributed by atoms with Gasteiger partial charge in [0.2, 0.25) is 0 Å². The molecule has 0 spiro atoms. The Morgan fingerprint density at radius 1 is 0.944 bits per heavy atom. The zero-order valence-corrected chi connectivity index (χ0v) is 9.28. The number of nitrogens with two attached hydrogens (primary N) is 2. The van der Waals surface area contributed by atoms with Crippen molar-refractivity contribution in [3.05, 3.63) is 59.2 Å². The lowest BCUT2D eigenvalue weighted by Gasteiger charge is -2.06. The van der Waals surface area contributed by atoms with Gasteiger partial charge in [0.15, 0.2) is 17.4 Å². The number of rotatable bonds is 2.